The van der Waals surface area contributed by atoms with Gasteiger partial charge >= 0.3 is 0 Å². The Morgan fingerprint density at radius 1 is 1.06 bits per heavy atom. The van der Waals surface area contributed by atoms with Crippen LogP contribution in [0, 0.1) is 0 Å². The number of nitrogens with zero attached hydrogens (tertiary/aromatic N) is 3. The highest BCUT2D eigenvalue weighted by Gasteiger charge is 2.30. The minimum atomic E-state index is -0.570. The third-order valence-corrected chi connectivity index (χ3v) is 6.78. The van der Waals surface area contributed by atoms with Crippen LogP contribution in [0.5, 0.6) is 0 Å². The number of benzene rings is 1. The zero-order valence-electron chi connectivity index (χ0n) is 18.6. The Morgan fingerprint density at radius 3 is 2.55 bits per heavy atom. The summed E-state index contributed by atoms with van der Waals surface area (Å²) in [7, 11) is 0. The molecule has 6 heteroatoms. The van der Waals surface area contributed by atoms with Gasteiger partial charge in [-0.2, -0.15) is 0 Å². The van der Waals surface area contributed by atoms with Crippen LogP contribution in [-0.2, 0) is 4.79 Å². The van der Waals surface area contributed by atoms with Gasteiger partial charge in [-0.15, -0.1) is 0 Å². The molecule has 1 saturated heterocycles. The van der Waals surface area contributed by atoms with Gasteiger partial charge in [0, 0.05) is 65.0 Å². The van der Waals surface area contributed by atoms with E-state index in [9.17, 15) is 9.90 Å². The van der Waals surface area contributed by atoms with Crippen LogP contribution >= 0.6 is 0 Å². The van der Waals surface area contributed by atoms with E-state index in [1.807, 2.05) is 35.5 Å². The normalized spacial score (nSPS) is 17.2. The molecule has 0 spiro atoms. The van der Waals surface area contributed by atoms with Crippen molar-refractivity contribution in [2.24, 2.45) is 0 Å². The Kier molecular flexibility index (Phi) is 4.76. The fourth-order valence-electron chi connectivity index (χ4n) is 4.81. The molecule has 1 amide bonds. The number of hydrogen-bond donors (Lipinski definition) is 2. The maximum atomic E-state index is 12.1. The summed E-state index contributed by atoms with van der Waals surface area (Å²) in [5, 5.41) is 11.1. The fraction of sp³-hybridized carbons (Fsp3) is 0.296. The number of carbonyl (C=O) groups excluding carboxylic acids is 1. The van der Waals surface area contributed by atoms with Crippen molar-refractivity contribution in [3.63, 3.8) is 0 Å². The van der Waals surface area contributed by atoms with Gasteiger partial charge < -0.3 is 15.0 Å². The Hall–Kier alpha value is -3.51. The molecule has 1 saturated carbocycles. The van der Waals surface area contributed by atoms with Gasteiger partial charge in [0.05, 0.1) is 6.10 Å². The van der Waals surface area contributed by atoms with Gasteiger partial charge in [-0.3, -0.25) is 9.78 Å². The number of fused-ring (bicyclic) bond motifs is 1. The van der Waals surface area contributed by atoms with Crippen LogP contribution in [0.3, 0.4) is 0 Å². The van der Waals surface area contributed by atoms with Crippen molar-refractivity contribution in [2.45, 2.75) is 44.6 Å². The third kappa shape index (κ3) is 3.60. The highest BCUT2D eigenvalue weighted by atomic mass is 16.3. The molecular formula is C27H26N4O2. The van der Waals surface area contributed by atoms with Crippen LogP contribution in [-0.4, -0.2) is 32.5 Å². The quantitative estimate of drug-likeness (QED) is 0.440. The summed E-state index contributed by atoms with van der Waals surface area (Å²) >= 11 is 0. The molecule has 1 unspecified atom stereocenters. The molecule has 1 aliphatic heterocycles. The van der Waals surface area contributed by atoms with Gasteiger partial charge in [-0.1, -0.05) is 12.1 Å². The number of rotatable bonds is 5. The van der Waals surface area contributed by atoms with Crippen molar-refractivity contribution in [1.29, 1.82) is 0 Å². The Bertz CT molecular complexity index is 1350. The molecule has 1 atom stereocenters. The van der Waals surface area contributed by atoms with Crippen molar-refractivity contribution in [2.75, 3.05) is 11.4 Å². The van der Waals surface area contributed by atoms with Crippen molar-refractivity contribution in [3.8, 4) is 22.3 Å². The minimum Gasteiger partial charge on any atom is -0.389 e. The molecular weight excluding hydrogens is 412 g/mol. The Labute approximate surface area is 192 Å². The second kappa shape index (κ2) is 7.81. The highest BCUT2D eigenvalue weighted by molar-refractivity contribution is 5.97. The molecule has 2 fully saturated rings. The summed E-state index contributed by atoms with van der Waals surface area (Å²) in [6, 6.07) is 12.4. The van der Waals surface area contributed by atoms with Crippen LogP contribution in [0.15, 0.2) is 55.0 Å². The second-order valence-electron chi connectivity index (χ2n) is 9.19. The van der Waals surface area contributed by atoms with Crippen LogP contribution in [0.1, 0.15) is 55.9 Å². The number of hydrogen-bond acceptors (Lipinski definition) is 4. The van der Waals surface area contributed by atoms with E-state index in [1.54, 1.807) is 13.1 Å². The van der Waals surface area contributed by atoms with E-state index >= 15 is 0 Å². The molecule has 33 heavy (non-hydrogen) atoms. The van der Waals surface area contributed by atoms with E-state index in [2.05, 4.69) is 33.2 Å². The number of aliphatic hydroxyl groups excluding tert-OH is 1. The Morgan fingerprint density at radius 2 is 1.85 bits per heavy atom. The zero-order chi connectivity index (χ0) is 22.5. The average molecular weight is 439 g/mol. The van der Waals surface area contributed by atoms with Gasteiger partial charge in [-0.25, -0.2) is 4.98 Å². The van der Waals surface area contributed by atoms with Crippen molar-refractivity contribution < 1.29 is 9.90 Å². The first-order valence-electron chi connectivity index (χ1n) is 11.6. The van der Waals surface area contributed by atoms with Gasteiger partial charge in [0.1, 0.15) is 5.65 Å². The molecule has 4 aromatic rings. The number of amides is 1. The van der Waals surface area contributed by atoms with Crippen LogP contribution < -0.4 is 4.90 Å². The molecule has 4 heterocycles. The minimum absolute atomic E-state index is 0.198. The van der Waals surface area contributed by atoms with Gasteiger partial charge in [-0.05, 0) is 67.5 Å². The summed E-state index contributed by atoms with van der Waals surface area (Å²) in [5.41, 5.74) is 8.09. The molecule has 0 bridgehead atoms. The molecule has 2 N–H and O–H groups in total. The van der Waals surface area contributed by atoms with Crippen molar-refractivity contribution >= 4 is 22.6 Å². The molecule has 0 radical (unpaired) electrons. The molecule has 6 nitrogen and oxygen atoms in total. The van der Waals surface area contributed by atoms with E-state index in [0.717, 1.165) is 57.5 Å². The molecule has 2 aliphatic rings. The van der Waals surface area contributed by atoms with Gasteiger partial charge in [0.25, 0.3) is 0 Å². The first kappa shape index (κ1) is 20.1. The van der Waals surface area contributed by atoms with Crippen LogP contribution in [0.25, 0.3) is 33.3 Å². The van der Waals surface area contributed by atoms with Crippen LogP contribution in [0.4, 0.5) is 5.69 Å². The third-order valence-electron chi connectivity index (χ3n) is 6.78. The van der Waals surface area contributed by atoms with E-state index in [0.29, 0.717) is 12.3 Å². The average Bonchev–Trinajstić information content (AvgIpc) is 3.48. The zero-order valence-corrected chi connectivity index (χ0v) is 18.6. The lowest BCUT2D eigenvalue weighted by Gasteiger charge is -2.16. The lowest BCUT2D eigenvalue weighted by atomic mass is 9.98. The monoisotopic (exact) mass is 438 g/mol. The smallest absolute Gasteiger partial charge is 0.227 e. The molecule has 166 valence electrons. The fourth-order valence-corrected chi connectivity index (χ4v) is 4.81. The predicted octanol–water partition coefficient (Wildman–Crippen LogP) is 5.35. The number of carbonyl (C=O) groups is 1. The lowest BCUT2D eigenvalue weighted by Crippen LogP contribution is -2.23. The summed E-state index contributed by atoms with van der Waals surface area (Å²) in [4.78, 5) is 26.6. The first-order chi connectivity index (χ1) is 16.1. The van der Waals surface area contributed by atoms with Crippen LogP contribution in [0.2, 0.25) is 0 Å². The second-order valence-corrected chi connectivity index (χ2v) is 9.19. The van der Waals surface area contributed by atoms with Gasteiger partial charge in [0.15, 0.2) is 0 Å². The number of aromatic nitrogens is 3. The highest BCUT2D eigenvalue weighted by Crippen LogP contribution is 2.47. The Balaban J connectivity index is 1.41. The number of pyridine rings is 2. The summed E-state index contributed by atoms with van der Waals surface area (Å²) in [6.45, 7) is 2.56. The predicted molar refractivity (Wildman–Crippen MR) is 129 cm³/mol. The summed E-state index contributed by atoms with van der Waals surface area (Å²) in [6.07, 6.45) is 8.86. The van der Waals surface area contributed by atoms with E-state index < -0.39 is 6.10 Å². The SMILES string of the molecule is CC(O)c1cnc2[nH]c(C3CC3)c(-c3cncc(-c4ccc(N5CCCC5=O)cc4)c3)c2c1. The van der Waals surface area contributed by atoms with E-state index in [1.165, 1.54) is 18.5 Å². The number of anilines is 1. The van der Waals surface area contributed by atoms with Crippen molar-refractivity contribution in [1.82, 2.24) is 15.0 Å². The number of aliphatic hydroxyl groups is 1. The number of nitrogens with one attached hydrogen (secondary N) is 1. The lowest BCUT2D eigenvalue weighted by molar-refractivity contribution is -0.117. The number of H-pyrrole nitrogens is 1. The van der Waals surface area contributed by atoms with Crippen molar-refractivity contribution in [3.05, 3.63) is 66.2 Å². The first-order valence-corrected chi connectivity index (χ1v) is 11.6. The van der Waals surface area contributed by atoms with E-state index in [-0.39, 0.29) is 5.91 Å². The molecule has 3 aromatic heterocycles. The largest absolute Gasteiger partial charge is 0.389 e. The molecule has 1 aromatic carbocycles. The van der Waals surface area contributed by atoms with E-state index in [4.69, 9.17) is 0 Å². The maximum Gasteiger partial charge on any atom is 0.227 e. The molecule has 1 aliphatic carbocycles. The maximum absolute atomic E-state index is 12.1. The summed E-state index contributed by atoms with van der Waals surface area (Å²) < 4.78 is 0. The number of aromatic amines is 1. The van der Waals surface area contributed by atoms with Gasteiger partial charge in [0.2, 0.25) is 5.91 Å². The topological polar surface area (TPSA) is 82.1 Å². The summed E-state index contributed by atoms with van der Waals surface area (Å²) in [5.74, 6) is 0.716. The standard InChI is InChI=1S/C27H26N4O2/c1-16(32)19-12-23-25(26(18-4-5-18)30-27(23)29-15-19)21-11-20(13-28-14-21)17-6-8-22(9-7-17)31-10-2-3-24(31)33/h6-9,11-16,18,32H,2-5,10H2,1H3,(H,29,30). The molecule has 6 rings (SSSR count).